The number of rotatable bonds is 3. The summed E-state index contributed by atoms with van der Waals surface area (Å²) in [4.78, 5) is 25.6. The Morgan fingerprint density at radius 1 is 1.17 bits per heavy atom. The monoisotopic (exact) mass is 340 g/mol. The number of carbonyl (C=O) groups is 2. The number of amides is 2. The Morgan fingerprint density at radius 3 is 2.50 bits per heavy atom. The molecule has 1 atom stereocenters. The summed E-state index contributed by atoms with van der Waals surface area (Å²) in [6, 6.07) is 5.11. The lowest BCUT2D eigenvalue weighted by molar-refractivity contribution is -0.137. The highest BCUT2D eigenvalue weighted by atomic mass is 19.4. The Bertz CT molecular complexity index is 639. The van der Waals surface area contributed by atoms with Gasteiger partial charge in [-0.1, -0.05) is 25.0 Å². The van der Waals surface area contributed by atoms with Gasteiger partial charge in [-0.2, -0.15) is 13.2 Å². The summed E-state index contributed by atoms with van der Waals surface area (Å²) in [6.45, 7) is -0.00944. The van der Waals surface area contributed by atoms with Crippen molar-refractivity contribution in [3.8, 4) is 0 Å². The zero-order valence-corrected chi connectivity index (χ0v) is 13.1. The molecule has 4 nitrogen and oxygen atoms in total. The molecule has 1 aliphatic carbocycles. The molecule has 1 unspecified atom stereocenters. The van der Waals surface area contributed by atoms with E-state index >= 15 is 0 Å². The predicted molar refractivity (Wildman–Crippen MR) is 82.3 cm³/mol. The maximum Gasteiger partial charge on any atom is 0.418 e. The predicted octanol–water partition coefficient (Wildman–Crippen LogP) is 3.12. The van der Waals surface area contributed by atoms with Gasteiger partial charge < -0.3 is 10.2 Å². The second-order valence-corrected chi connectivity index (χ2v) is 6.41. The van der Waals surface area contributed by atoms with E-state index in [1.165, 1.54) is 18.2 Å². The minimum Gasteiger partial charge on any atom is -0.353 e. The van der Waals surface area contributed by atoms with Crippen molar-refractivity contribution >= 4 is 17.5 Å². The van der Waals surface area contributed by atoms with Gasteiger partial charge >= 0.3 is 6.18 Å². The van der Waals surface area contributed by atoms with Gasteiger partial charge in [-0.25, -0.2) is 0 Å². The molecular formula is C17H19F3N2O2. The first-order valence-corrected chi connectivity index (χ1v) is 8.13. The van der Waals surface area contributed by atoms with Crippen LogP contribution in [-0.4, -0.2) is 24.4 Å². The zero-order valence-electron chi connectivity index (χ0n) is 13.1. The van der Waals surface area contributed by atoms with Gasteiger partial charge in [0, 0.05) is 19.0 Å². The molecule has 24 heavy (non-hydrogen) atoms. The van der Waals surface area contributed by atoms with Gasteiger partial charge in [-0.3, -0.25) is 9.59 Å². The molecule has 1 aromatic carbocycles. The van der Waals surface area contributed by atoms with Crippen LogP contribution in [0.5, 0.6) is 0 Å². The van der Waals surface area contributed by atoms with Crippen molar-refractivity contribution in [1.82, 2.24) is 5.32 Å². The summed E-state index contributed by atoms with van der Waals surface area (Å²) in [5.74, 6) is -1.28. The maximum absolute atomic E-state index is 13.1. The van der Waals surface area contributed by atoms with Gasteiger partial charge in [0.2, 0.25) is 11.8 Å². The van der Waals surface area contributed by atoms with Crippen molar-refractivity contribution in [1.29, 1.82) is 0 Å². The fraction of sp³-hybridized carbons (Fsp3) is 0.529. The van der Waals surface area contributed by atoms with Crippen molar-refractivity contribution < 1.29 is 22.8 Å². The van der Waals surface area contributed by atoms with E-state index in [-0.39, 0.29) is 30.6 Å². The van der Waals surface area contributed by atoms with Crippen LogP contribution in [0.15, 0.2) is 24.3 Å². The van der Waals surface area contributed by atoms with E-state index in [0.29, 0.717) is 0 Å². The van der Waals surface area contributed by atoms with Crippen molar-refractivity contribution in [3.05, 3.63) is 29.8 Å². The third-order valence-corrected chi connectivity index (χ3v) is 4.70. The second-order valence-electron chi connectivity index (χ2n) is 6.41. The number of carbonyl (C=O) groups excluding carboxylic acids is 2. The van der Waals surface area contributed by atoms with Gasteiger partial charge in [0.05, 0.1) is 17.2 Å². The molecule has 2 amide bonds. The zero-order chi connectivity index (χ0) is 17.3. The van der Waals surface area contributed by atoms with E-state index in [0.717, 1.165) is 36.6 Å². The smallest absolute Gasteiger partial charge is 0.353 e. The van der Waals surface area contributed by atoms with Gasteiger partial charge in [-0.05, 0) is 25.0 Å². The summed E-state index contributed by atoms with van der Waals surface area (Å²) in [5, 5.41) is 2.92. The SMILES string of the molecule is O=C(NC1CCCC1)C1CC(=O)N(c2ccccc2C(F)(F)F)C1. The van der Waals surface area contributed by atoms with Crippen molar-refractivity contribution in [2.45, 2.75) is 44.3 Å². The molecule has 3 rings (SSSR count). The lowest BCUT2D eigenvalue weighted by atomic mass is 10.1. The highest BCUT2D eigenvalue weighted by molar-refractivity contribution is 6.00. The Morgan fingerprint density at radius 2 is 1.83 bits per heavy atom. The fourth-order valence-corrected chi connectivity index (χ4v) is 3.45. The number of alkyl halides is 3. The average molecular weight is 340 g/mol. The molecule has 130 valence electrons. The number of benzene rings is 1. The molecule has 1 aromatic rings. The van der Waals surface area contributed by atoms with E-state index in [1.54, 1.807) is 0 Å². The standard InChI is InChI=1S/C17H19F3N2O2/c18-17(19,20)13-7-3-4-8-14(13)22-10-11(9-15(22)23)16(24)21-12-5-1-2-6-12/h3-4,7-8,11-12H,1-2,5-6,9-10H2,(H,21,24). The highest BCUT2D eigenvalue weighted by Gasteiger charge is 2.41. The number of para-hydroxylation sites is 1. The average Bonchev–Trinajstić information content (AvgIpc) is 3.16. The minimum absolute atomic E-state index is 0.00944. The minimum atomic E-state index is -4.54. The molecule has 2 aliphatic rings. The molecule has 0 aromatic heterocycles. The number of nitrogens with one attached hydrogen (secondary N) is 1. The first-order chi connectivity index (χ1) is 11.4. The van der Waals surface area contributed by atoms with Crippen LogP contribution in [0.1, 0.15) is 37.7 Å². The molecule has 1 saturated heterocycles. The van der Waals surface area contributed by atoms with Crippen LogP contribution in [0, 0.1) is 5.92 Å². The number of hydrogen-bond donors (Lipinski definition) is 1. The molecule has 0 spiro atoms. The van der Waals surface area contributed by atoms with Gasteiger partial charge in [0.1, 0.15) is 0 Å². The van der Waals surface area contributed by atoms with E-state index in [4.69, 9.17) is 0 Å². The third-order valence-electron chi connectivity index (χ3n) is 4.70. The first kappa shape index (κ1) is 16.8. The molecule has 1 aliphatic heterocycles. The Balaban J connectivity index is 1.74. The summed E-state index contributed by atoms with van der Waals surface area (Å²) in [7, 11) is 0. The quantitative estimate of drug-likeness (QED) is 0.919. The molecule has 1 saturated carbocycles. The molecule has 7 heteroatoms. The van der Waals surface area contributed by atoms with E-state index < -0.39 is 23.6 Å². The Hall–Kier alpha value is -2.05. The molecule has 0 bridgehead atoms. The molecule has 2 fully saturated rings. The first-order valence-electron chi connectivity index (χ1n) is 8.13. The van der Waals surface area contributed by atoms with Crippen molar-refractivity contribution in [2.24, 2.45) is 5.92 Å². The van der Waals surface area contributed by atoms with E-state index in [1.807, 2.05) is 0 Å². The van der Waals surface area contributed by atoms with Gasteiger partial charge in [-0.15, -0.1) is 0 Å². The normalized spacial score (nSPS) is 22.2. The topological polar surface area (TPSA) is 49.4 Å². The van der Waals surface area contributed by atoms with Crippen LogP contribution in [-0.2, 0) is 15.8 Å². The molecule has 1 heterocycles. The summed E-state index contributed by atoms with van der Waals surface area (Å²) < 4.78 is 39.4. The summed E-state index contributed by atoms with van der Waals surface area (Å²) in [6.07, 6.45) is -0.606. The largest absolute Gasteiger partial charge is 0.418 e. The lowest BCUT2D eigenvalue weighted by Gasteiger charge is -2.22. The number of hydrogen-bond acceptors (Lipinski definition) is 2. The number of nitrogens with zero attached hydrogens (tertiary/aromatic N) is 1. The summed E-state index contributed by atoms with van der Waals surface area (Å²) >= 11 is 0. The second kappa shape index (κ2) is 6.45. The van der Waals surface area contributed by atoms with Crippen LogP contribution in [0.4, 0.5) is 18.9 Å². The van der Waals surface area contributed by atoms with Gasteiger partial charge in [0.15, 0.2) is 0 Å². The Labute approximate surface area is 138 Å². The molecule has 0 radical (unpaired) electrons. The lowest BCUT2D eigenvalue weighted by Crippen LogP contribution is -2.38. The maximum atomic E-state index is 13.1. The fourth-order valence-electron chi connectivity index (χ4n) is 3.45. The van der Waals surface area contributed by atoms with Crippen molar-refractivity contribution in [3.63, 3.8) is 0 Å². The highest BCUT2D eigenvalue weighted by Crippen LogP contribution is 2.38. The molecular weight excluding hydrogens is 321 g/mol. The number of halogens is 3. The van der Waals surface area contributed by atoms with Crippen LogP contribution < -0.4 is 10.2 Å². The van der Waals surface area contributed by atoms with Crippen LogP contribution >= 0.6 is 0 Å². The van der Waals surface area contributed by atoms with Crippen LogP contribution in [0.2, 0.25) is 0 Å². The van der Waals surface area contributed by atoms with E-state index in [9.17, 15) is 22.8 Å². The Kier molecular flexibility index (Phi) is 4.51. The van der Waals surface area contributed by atoms with Gasteiger partial charge in [0.25, 0.3) is 0 Å². The number of anilines is 1. The van der Waals surface area contributed by atoms with Crippen LogP contribution in [0.3, 0.4) is 0 Å². The molecule has 1 N–H and O–H groups in total. The third kappa shape index (κ3) is 3.39. The van der Waals surface area contributed by atoms with Crippen molar-refractivity contribution in [2.75, 3.05) is 11.4 Å². The van der Waals surface area contributed by atoms with E-state index in [2.05, 4.69) is 5.32 Å². The van der Waals surface area contributed by atoms with Crippen LogP contribution in [0.25, 0.3) is 0 Å². The summed E-state index contributed by atoms with van der Waals surface area (Å²) in [5.41, 5.74) is -1.03.